The van der Waals surface area contributed by atoms with Crippen molar-refractivity contribution in [3.05, 3.63) is 27.7 Å². The quantitative estimate of drug-likeness (QED) is 0.753. The van der Waals surface area contributed by atoms with Gasteiger partial charge in [-0.25, -0.2) is 0 Å². The van der Waals surface area contributed by atoms with Crippen molar-refractivity contribution in [2.75, 3.05) is 0 Å². The van der Waals surface area contributed by atoms with Crippen molar-refractivity contribution in [1.82, 2.24) is 0 Å². The van der Waals surface area contributed by atoms with Gasteiger partial charge in [-0.3, -0.25) is 0 Å². The summed E-state index contributed by atoms with van der Waals surface area (Å²) in [6.45, 7) is 0. The molecule has 0 fully saturated rings. The summed E-state index contributed by atoms with van der Waals surface area (Å²) in [6, 6.07) is 1.17. The Kier molecular flexibility index (Phi) is 3.55. The van der Waals surface area contributed by atoms with Crippen LogP contribution in [0.2, 0.25) is 10.0 Å². The van der Waals surface area contributed by atoms with Crippen molar-refractivity contribution >= 4 is 35.8 Å². The van der Waals surface area contributed by atoms with Crippen LogP contribution < -0.4 is 5.46 Å². The van der Waals surface area contributed by atoms with Crippen molar-refractivity contribution < 1.29 is 23.2 Å². The van der Waals surface area contributed by atoms with Gasteiger partial charge in [-0.2, -0.15) is 13.2 Å². The van der Waals surface area contributed by atoms with Gasteiger partial charge < -0.3 is 10.0 Å². The van der Waals surface area contributed by atoms with Gasteiger partial charge in [0.25, 0.3) is 0 Å². The number of benzene rings is 1. The molecule has 0 saturated carbocycles. The molecule has 0 aliphatic carbocycles. The Morgan fingerprint density at radius 2 is 1.47 bits per heavy atom. The van der Waals surface area contributed by atoms with Gasteiger partial charge in [0.05, 0.1) is 5.56 Å². The summed E-state index contributed by atoms with van der Waals surface area (Å²) in [5.74, 6) is 0. The van der Waals surface area contributed by atoms with Crippen molar-refractivity contribution in [2.24, 2.45) is 0 Å². The van der Waals surface area contributed by atoms with E-state index in [0.29, 0.717) is 12.1 Å². The third kappa shape index (κ3) is 2.78. The van der Waals surface area contributed by atoms with Crippen LogP contribution in [-0.2, 0) is 6.18 Å². The zero-order valence-corrected chi connectivity index (χ0v) is 8.53. The molecule has 82 valence electrons. The zero-order chi connectivity index (χ0) is 11.8. The largest absolute Gasteiger partial charge is 0.491 e. The molecule has 0 aliphatic rings. The lowest BCUT2D eigenvalue weighted by Crippen LogP contribution is -2.32. The van der Waals surface area contributed by atoms with Gasteiger partial charge in [0, 0.05) is 15.5 Å². The maximum atomic E-state index is 12.2. The molecule has 0 aliphatic heterocycles. The number of rotatable bonds is 1. The fourth-order valence-electron chi connectivity index (χ4n) is 0.995. The lowest BCUT2D eigenvalue weighted by molar-refractivity contribution is -0.137. The van der Waals surface area contributed by atoms with E-state index in [0.717, 1.165) is 0 Å². The minimum atomic E-state index is -4.58. The highest BCUT2D eigenvalue weighted by molar-refractivity contribution is 6.66. The lowest BCUT2D eigenvalue weighted by atomic mass is 9.79. The molecule has 0 heterocycles. The lowest BCUT2D eigenvalue weighted by Gasteiger charge is -2.11. The van der Waals surface area contributed by atoms with E-state index in [4.69, 9.17) is 33.2 Å². The first kappa shape index (κ1) is 12.6. The molecule has 15 heavy (non-hydrogen) atoms. The minimum absolute atomic E-state index is 0.341. The summed E-state index contributed by atoms with van der Waals surface area (Å²) in [5.41, 5.74) is -1.38. The Hall–Kier alpha value is -0.425. The molecule has 1 rings (SSSR count). The first-order chi connectivity index (χ1) is 6.73. The normalized spacial score (nSPS) is 11.7. The third-order valence-corrected chi connectivity index (χ3v) is 2.29. The number of hydrogen-bond acceptors (Lipinski definition) is 2. The van der Waals surface area contributed by atoms with Crippen LogP contribution in [0.1, 0.15) is 5.56 Å². The second kappa shape index (κ2) is 4.21. The van der Waals surface area contributed by atoms with E-state index in [2.05, 4.69) is 0 Å². The molecule has 0 amide bonds. The number of alkyl halides is 3. The Bertz CT molecular complexity index is 358. The summed E-state index contributed by atoms with van der Waals surface area (Å²) < 4.78 is 36.7. The van der Waals surface area contributed by atoms with Crippen LogP contribution in [0.15, 0.2) is 12.1 Å². The van der Waals surface area contributed by atoms with Gasteiger partial charge in [-0.05, 0) is 12.1 Å². The van der Waals surface area contributed by atoms with E-state index >= 15 is 0 Å². The van der Waals surface area contributed by atoms with Gasteiger partial charge in [0.1, 0.15) is 0 Å². The second-order valence-corrected chi connectivity index (χ2v) is 3.54. The minimum Gasteiger partial charge on any atom is -0.423 e. The summed E-state index contributed by atoms with van der Waals surface area (Å²) in [5, 5.41) is 16.7. The smallest absolute Gasteiger partial charge is 0.423 e. The average molecular weight is 259 g/mol. The van der Waals surface area contributed by atoms with Crippen LogP contribution in [0.3, 0.4) is 0 Å². The molecule has 8 heteroatoms. The molecule has 1 aromatic rings. The van der Waals surface area contributed by atoms with Crippen molar-refractivity contribution in [3.8, 4) is 0 Å². The van der Waals surface area contributed by atoms with Gasteiger partial charge in [0.2, 0.25) is 0 Å². The maximum absolute atomic E-state index is 12.2. The second-order valence-electron chi connectivity index (χ2n) is 2.72. The van der Waals surface area contributed by atoms with Crippen LogP contribution in [0, 0.1) is 0 Å². The van der Waals surface area contributed by atoms with E-state index in [9.17, 15) is 13.2 Å². The van der Waals surface area contributed by atoms with Crippen LogP contribution >= 0.6 is 23.2 Å². The van der Waals surface area contributed by atoms with Crippen LogP contribution in [-0.4, -0.2) is 17.2 Å². The predicted molar refractivity (Wildman–Crippen MR) is 51.3 cm³/mol. The molecule has 0 atom stereocenters. The standard InChI is InChI=1S/C7H4BCl2F3O2/c9-4-1-3(7(11,12)13)2-5(10)6(4)8(14)15/h1-2,14-15H. The van der Waals surface area contributed by atoms with E-state index in [1.54, 1.807) is 0 Å². The molecule has 0 aromatic heterocycles. The van der Waals surface area contributed by atoms with Crippen molar-refractivity contribution in [3.63, 3.8) is 0 Å². The molecule has 0 bridgehead atoms. The zero-order valence-electron chi connectivity index (χ0n) is 7.02. The molecular formula is C7H4BCl2F3O2. The average Bonchev–Trinajstić information content (AvgIpc) is 1.99. The van der Waals surface area contributed by atoms with Gasteiger partial charge >= 0.3 is 13.3 Å². The van der Waals surface area contributed by atoms with E-state index < -0.39 is 28.9 Å². The Morgan fingerprint density at radius 1 is 1.07 bits per heavy atom. The van der Waals surface area contributed by atoms with E-state index in [1.807, 2.05) is 0 Å². The molecule has 0 radical (unpaired) electrons. The van der Waals surface area contributed by atoms with Crippen LogP contribution in [0.25, 0.3) is 0 Å². The van der Waals surface area contributed by atoms with Gasteiger partial charge in [-0.15, -0.1) is 0 Å². The van der Waals surface area contributed by atoms with Crippen LogP contribution in [0.5, 0.6) is 0 Å². The van der Waals surface area contributed by atoms with Crippen molar-refractivity contribution in [1.29, 1.82) is 0 Å². The molecule has 0 unspecified atom stereocenters. The van der Waals surface area contributed by atoms with Gasteiger partial charge in [0.15, 0.2) is 0 Å². The van der Waals surface area contributed by atoms with E-state index in [-0.39, 0.29) is 5.46 Å². The molecule has 2 N–H and O–H groups in total. The summed E-state index contributed by atoms with van der Waals surface area (Å²) in [7, 11) is -2.01. The fraction of sp³-hybridized carbons (Fsp3) is 0.143. The number of halogens is 5. The molecule has 0 saturated heterocycles. The third-order valence-electron chi connectivity index (χ3n) is 1.66. The summed E-state index contributed by atoms with van der Waals surface area (Å²) in [6.07, 6.45) is -4.58. The Balaban J connectivity index is 3.32. The highest BCUT2D eigenvalue weighted by Crippen LogP contribution is 2.32. The number of hydrogen-bond donors (Lipinski definition) is 2. The van der Waals surface area contributed by atoms with Gasteiger partial charge in [-0.1, -0.05) is 23.2 Å². The Morgan fingerprint density at radius 3 is 1.73 bits per heavy atom. The molecule has 2 nitrogen and oxygen atoms in total. The highest BCUT2D eigenvalue weighted by Gasteiger charge is 2.33. The maximum Gasteiger partial charge on any atom is 0.491 e. The predicted octanol–water partition coefficient (Wildman–Crippen LogP) is 1.69. The summed E-state index contributed by atoms with van der Waals surface area (Å²) >= 11 is 10.9. The first-order valence-corrected chi connectivity index (χ1v) is 4.41. The summed E-state index contributed by atoms with van der Waals surface area (Å²) in [4.78, 5) is 0. The monoisotopic (exact) mass is 258 g/mol. The molecule has 1 aromatic carbocycles. The first-order valence-electron chi connectivity index (χ1n) is 3.65. The fourth-order valence-corrected chi connectivity index (χ4v) is 1.68. The van der Waals surface area contributed by atoms with E-state index in [1.165, 1.54) is 0 Å². The van der Waals surface area contributed by atoms with Crippen molar-refractivity contribution in [2.45, 2.75) is 6.18 Å². The topological polar surface area (TPSA) is 40.5 Å². The SMILES string of the molecule is OB(O)c1c(Cl)cc(C(F)(F)F)cc1Cl. The molecule has 0 spiro atoms. The van der Waals surface area contributed by atoms with Crippen LogP contribution in [0.4, 0.5) is 13.2 Å². The molecular weight excluding hydrogens is 255 g/mol. The Labute approximate surface area is 93.4 Å². The highest BCUT2D eigenvalue weighted by atomic mass is 35.5.